The zero-order valence-electron chi connectivity index (χ0n) is 15.1. The minimum atomic E-state index is -0.848. The van der Waals surface area contributed by atoms with Crippen LogP contribution in [0.3, 0.4) is 0 Å². The quantitative estimate of drug-likeness (QED) is 0.472. The lowest BCUT2D eigenvalue weighted by molar-refractivity contribution is -0.138. The van der Waals surface area contributed by atoms with Gasteiger partial charge in [0, 0.05) is 0 Å². The molecule has 0 aromatic heterocycles. The van der Waals surface area contributed by atoms with Gasteiger partial charge in [0.15, 0.2) is 0 Å². The van der Waals surface area contributed by atoms with Crippen LogP contribution in [0, 0.1) is 0 Å². The first-order valence-corrected chi connectivity index (χ1v) is 8.76. The molecule has 0 saturated heterocycles. The van der Waals surface area contributed by atoms with Crippen LogP contribution in [0.25, 0.3) is 11.1 Å². The van der Waals surface area contributed by atoms with Crippen LogP contribution in [-0.2, 0) is 16.2 Å². The van der Waals surface area contributed by atoms with E-state index < -0.39 is 11.9 Å². The SMILES string of the molecule is CC(C(=O)O)c1cccc(C=NOCc2ccc(-c3ccccc3)cc2)c1. The number of carbonyl (C=O) groups is 1. The maximum atomic E-state index is 11.1. The molecule has 0 bridgehead atoms. The largest absolute Gasteiger partial charge is 0.481 e. The molecule has 1 atom stereocenters. The summed E-state index contributed by atoms with van der Waals surface area (Å²) < 4.78 is 0. The van der Waals surface area contributed by atoms with E-state index in [0.717, 1.165) is 22.3 Å². The Kier molecular flexibility index (Phi) is 6.00. The van der Waals surface area contributed by atoms with Crippen molar-refractivity contribution in [3.63, 3.8) is 0 Å². The maximum absolute atomic E-state index is 11.1. The molecule has 136 valence electrons. The molecular formula is C23H21NO3. The standard InChI is InChI=1S/C23H21NO3/c1-17(23(25)26)22-9-5-6-19(14-22)15-24-27-16-18-10-12-21(13-11-18)20-7-3-2-4-8-20/h2-15,17H,16H2,1H3,(H,25,26). The van der Waals surface area contributed by atoms with Crippen LogP contribution in [-0.4, -0.2) is 17.3 Å². The van der Waals surface area contributed by atoms with E-state index in [1.165, 1.54) is 5.56 Å². The number of oxime groups is 1. The number of carboxylic acids is 1. The van der Waals surface area contributed by atoms with Crippen LogP contribution in [0.5, 0.6) is 0 Å². The predicted octanol–water partition coefficient (Wildman–Crippen LogP) is 5.09. The number of hydrogen-bond donors (Lipinski definition) is 1. The molecule has 0 amide bonds. The van der Waals surface area contributed by atoms with E-state index in [0.29, 0.717) is 6.61 Å². The second-order valence-electron chi connectivity index (χ2n) is 6.30. The molecule has 27 heavy (non-hydrogen) atoms. The van der Waals surface area contributed by atoms with E-state index in [9.17, 15) is 4.79 Å². The van der Waals surface area contributed by atoms with Crippen LogP contribution in [0.4, 0.5) is 0 Å². The van der Waals surface area contributed by atoms with E-state index in [1.54, 1.807) is 25.3 Å². The number of aliphatic carboxylic acids is 1. The van der Waals surface area contributed by atoms with E-state index in [1.807, 2.05) is 42.5 Å². The predicted molar refractivity (Wildman–Crippen MR) is 107 cm³/mol. The lowest BCUT2D eigenvalue weighted by Crippen LogP contribution is -2.07. The minimum absolute atomic E-state index is 0.372. The molecule has 3 aromatic rings. The third-order valence-corrected chi connectivity index (χ3v) is 4.35. The third-order valence-electron chi connectivity index (χ3n) is 4.35. The zero-order chi connectivity index (χ0) is 19.1. The van der Waals surface area contributed by atoms with Gasteiger partial charge in [-0.2, -0.15) is 0 Å². The summed E-state index contributed by atoms with van der Waals surface area (Å²) in [6.45, 7) is 2.03. The molecule has 4 heteroatoms. The Hall–Kier alpha value is -3.40. The van der Waals surface area contributed by atoms with Crippen molar-refractivity contribution in [2.24, 2.45) is 5.16 Å². The van der Waals surface area contributed by atoms with Crippen molar-refractivity contribution in [3.05, 3.63) is 95.6 Å². The summed E-state index contributed by atoms with van der Waals surface area (Å²) in [6.07, 6.45) is 1.59. The fraction of sp³-hybridized carbons (Fsp3) is 0.130. The first kappa shape index (κ1) is 18.4. The summed E-state index contributed by atoms with van der Waals surface area (Å²) in [4.78, 5) is 16.5. The van der Waals surface area contributed by atoms with Crippen molar-refractivity contribution < 1.29 is 14.7 Å². The van der Waals surface area contributed by atoms with Crippen LogP contribution in [0.2, 0.25) is 0 Å². The number of rotatable bonds is 7. The molecule has 1 unspecified atom stereocenters. The molecule has 0 fully saturated rings. The maximum Gasteiger partial charge on any atom is 0.310 e. The van der Waals surface area contributed by atoms with Gasteiger partial charge in [-0.25, -0.2) is 0 Å². The van der Waals surface area contributed by atoms with Crippen molar-refractivity contribution >= 4 is 12.2 Å². The fourth-order valence-electron chi connectivity index (χ4n) is 2.69. The van der Waals surface area contributed by atoms with Gasteiger partial charge >= 0.3 is 5.97 Å². The Labute approximate surface area is 158 Å². The summed E-state index contributed by atoms with van der Waals surface area (Å²) >= 11 is 0. The Balaban J connectivity index is 1.57. The van der Waals surface area contributed by atoms with Crippen molar-refractivity contribution in [1.82, 2.24) is 0 Å². The van der Waals surface area contributed by atoms with Gasteiger partial charge in [-0.05, 0) is 40.8 Å². The van der Waals surface area contributed by atoms with E-state index in [4.69, 9.17) is 9.94 Å². The molecule has 3 rings (SSSR count). The average molecular weight is 359 g/mol. The Morgan fingerprint density at radius 3 is 2.41 bits per heavy atom. The fourth-order valence-corrected chi connectivity index (χ4v) is 2.69. The van der Waals surface area contributed by atoms with Crippen LogP contribution in [0.15, 0.2) is 84.0 Å². The summed E-state index contributed by atoms with van der Waals surface area (Å²) in [5.41, 5.74) is 4.91. The molecule has 3 aromatic carbocycles. The first-order chi connectivity index (χ1) is 13.1. The number of nitrogens with zero attached hydrogens (tertiary/aromatic N) is 1. The highest BCUT2D eigenvalue weighted by atomic mass is 16.6. The number of hydrogen-bond acceptors (Lipinski definition) is 3. The molecule has 0 spiro atoms. The third kappa shape index (κ3) is 5.05. The van der Waals surface area contributed by atoms with Gasteiger partial charge in [-0.1, -0.05) is 78.0 Å². The van der Waals surface area contributed by atoms with Crippen molar-refractivity contribution in [1.29, 1.82) is 0 Å². The number of carboxylic acid groups (broad SMARTS) is 1. The summed E-state index contributed by atoms with van der Waals surface area (Å²) in [5, 5.41) is 13.1. The van der Waals surface area contributed by atoms with Gasteiger partial charge in [0.05, 0.1) is 12.1 Å². The summed E-state index contributed by atoms with van der Waals surface area (Å²) in [7, 11) is 0. The summed E-state index contributed by atoms with van der Waals surface area (Å²) in [5.74, 6) is -1.40. The lowest BCUT2D eigenvalue weighted by atomic mass is 10.00. The van der Waals surface area contributed by atoms with E-state index >= 15 is 0 Å². The molecule has 0 heterocycles. The molecule has 0 saturated carbocycles. The Morgan fingerprint density at radius 2 is 1.70 bits per heavy atom. The van der Waals surface area contributed by atoms with Gasteiger partial charge in [0.25, 0.3) is 0 Å². The molecule has 0 aliphatic rings. The molecule has 0 aliphatic heterocycles. The monoisotopic (exact) mass is 359 g/mol. The van der Waals surface area contributed by atoms with Gasteiger partial charge in [0.1, 0.15) is 6.61 Å². The van der Waals surface area contributed by atoms with Gasteiger partial charge in [0.2, 0.25) is 0 Å². The van der Waals surface area contributed by atoms with Gasteiger partial charge < -0.3 is 9.94 Å². The normalized spacial score (nSPS) is 12.0. The Morgan fingerprint density at radius 1 is 1.00 bits per heavy atom. The molecule has 4 nitrogen and oxygen atoms in total. The van der Waals surface area contributed by atoms with Gasteiger partial charge in [-0.15, -0.1) is 0 Å². The molecule has 0 radical (unpaired) electrons. The van der Waals surface area contributed by atoms with E-state index in [2.05, 4.69) is 29.4 Å². The second-order valence-corrected chi connectivity index (χ2v) is 6.30. The topological polar surface area (TPSA) is 58.9 Å². The Bertz CT molecular complexity index is 918. The zero-order valence-corrected chi connectivity index (χ0v) is 15.1. The highest BCUT2D eigenvalue weighted by Crippen LogP contribution is 2.19. The summed E-state index contributed by atoms with van der Waals surface area (Å²) in [6, 6.07) is 25.7. The van der Waals surface area contributed by atoms with Gasteiger partial charge in [-0.3, -0.25) is 4.79 Å². The highest BCUT2D eigenvalue weighted by Gasteiger charge is 2.13. The highest BCUT2D eigenvalue weighted by molar-refractivity contribution is 5.81. The number of benzene rings is 3. The van der Waals surface area contributed by atoms with Crippen LogP contribution in [0.1, 0.15) is 29.5 Å². The van der Waals surface area contributed by atoms with Crippen molar-refractivity contribution in [3.8, 4) is 11.1 Å². The first-order valence-electron chi connectivity index (χ1n) is 8.76. The molecular weight excluding hydrogens is 338 g/mol. The second kappa shape index (κ2) is 8.81. The van der Waals surface area contributed by atoms with Crippen LogP contribution < -0.4 is 0 Å². The molecule has 1 N–H and O–H groups in total. The average Bonchev–Trinajstić information content (AvgIpc) is 2.72. The molecule has 0 aliphatic carbocycles. The van der Waals surface area contributed by atoms with E-state index in [-0.39, 0.29) is 0 Å². The lowest BCUT2D eigenvalue weighted by Gasteiger charge is -2.07. The van der Waals surface area contributed by atoms with Crippen molar-refractivity contribution in [2.75, 3.05) is 0 Å². The van der Waals surface area contributed by atoms with Crippen molar-refractivity contribution in [2.45, 2.75) is 19.4 Å². The minimum Gasteiger partial charge on any atom is -0.481 e. The van der Waals surface area contributed by atoms with Crippen LogP contribution >= 0.6 is 0 Å². The smallest absolute Gasteiger partial charge is 0.310 e.